The number of ether oxygens (including phenoxy) is 1. The van der Waals surface area contributed by atoms with E-state index < -0.39 is 11.5 Å². The number of aliphatic hydroxyl groups is 1. The highest BCUT2D eigenvalue weighted by atomic mass is 16.5. The number of rotatable bonds is 4. The summed E-state index contributed by atoms with van der Waals surface area (Å²) in [6.45, 7) is 2.04. The van der Waals surface area contributed by atoms with Gasteiger partial charge in [0.15, 0.2) is 0 Å². The minimum Gasteiger partial charge on any atom is -0.489 e. The second-order valence-corrected chi connectivity index (χ2v) is 8.45. The molecule has 5 rings (SSSR count). The maximum atomic E-state index is 12.2. The fourth-order valence-corrected chi connectivity index (χ4v) is 4.60. The van der Waals surface area contributed by atoms with Crippen LogP contribution in [0, 0.1) is 5.92 Å². The number of hydrogen-bond donors (Lipinski definition) is 3. The molecule has 2 atom stereocenters. The summed E-state index contributed by atoms with van der Waals surface area (Å²) in [5.41, 5.74) is 9.55. The van der Waals surface area contributed by atoms with Gasteiger partial charge in [0.2, 0.25) is 11.8 Å². The van der Waals surface area contributed by atoms with E-state index in [0.717, 1.165) is 22.0 Å². The molecule has 0 spiro atoms. The Balaban J connectivity index is 1.42. The molecule has 3 aromatic rings. The number of fused-ring (bicyclic) bond motifs is 2. The number of imide groups is 1. The van der Waals surface area contributed by atoms with Crippen molar-refractivity contribution in [2.75, 3.05) is 5.73 Å². The molecule has 158 valence electrons. The van der Waals surface area contributed by atoms with Crippen LogP contribution in [0.3, 0.4) is 0 Å². The van der Waals surface area contributed by atoms with E-state index in [-0.39, 0.29) is 18.2 Å². The number of benzene rings is 2. The lowest BCUT2D eigenvalue weighted by molar-refractivity contribution is -0.125. The Bertz CT molecular complexity index is 1290. The van der Waals surface area contributed by atoms with Crippen LogP contribution in [-0.4, -0.2) is 21.5 Å². The summed E-state index contributed by atoms with van der Waals surface area (Å²) in [6, 6.07) is 11.3. The van der Waals surface area contributed by atoms with E-state index in [2.05, 4.69) is 5.32 Å². The Hall–Kier alpha value is -3.58. The van der Waals surface area contributed by atoms with Crippen LogP contribution in [0.1, 0.15) is 30.0 Å². The number of carbonyl (C=O) groups excluding carboxylic acids is 2. The standard InChI is InChI=1S/C24H23N3O4/c1-24(30)10-19(18-9-22(28)26-23(18)29)17-6-4-15(8-20(17)24)31-12-13-11-27(2)21-7-14(25)3-5-16(13)21/h3-8,10-11,18,30H,9,12,25H2,1-2H3,(H,26,28,29). The molecule has 0 radical (unpaired) electrons. The van der Waals surface area contributed by atoms with Gasteiger partial charge >= 0.3 is 0 Å². The first-order valence-corrected chi connectivity index (χ1v) is 10.1. The number of amides is 2. The van der Waals surface area contributed by atoms with Gasteiger partial charge < -0.3 is 20.1 Å². The maximum Gasteiger partial charge on any atom is 0.234 e. The van der Waals surface area contributed by atoms with Gasteiger partial charge in [0, 0.05) is 36.3 Å². The van der Waals surface area contributed by atoms with E-state index in [1.807, 2.05) is 48.1 Å². The van der Waals surface area contributed by atoms with Crippen molar-refractivity contribution in [3.8, 4) is 5.75 Å². The van der Waals surface area contributed by atoms with Crippen molar-refractivity contribution in [2.24, 2.45) is 13.0 Å². The molecule has 1 aliphatic carbocycles. The first-order chi connectivity index (χ1) is 14.7. The lowest BCUT2D eigenvalue weighted by Gasteiger charge is -2.17. The fraction of sp³-hybridized carbons (Fsp3) is 0.250. The molecule has 4 N–H and O–H groups in total. The molecule has 2 aromatic carbocycles. The molecule has 2 amide bonds. The molecule has 1 fully saturated rings. The van der Waals surface area contributed by atoms with Gasteiger partial charge in [-0.2, -0.15) is 0 Å². The van der Waals surface area contributed by atoms with Crippen molar-refractivity contribution in [3.05, 3.63) is 65.4 Å². The molecule has 1 saturated heterocycles. The van der Waals surface area contributed by atoms with Crippen LogP contribution < -0.4 is 15.8 Å². The van der Waals surface area contributed by atoms with E-state index in [4.69, 9.17) is 10.5 Å². The highest BCUT2D eigenvalue weighted by molar-refractivity contribution is 6.09. The summed E-state index contributed by atoms with van der Waals surface area (Å²) in [7, 11) is 1.97. The van der Waals surface area contributed by atoms with Crippen molar-refractivity contribution >= 4 is 34.0 Å². The summed E-state index contributed by atoms with van der Waals surface area (Å²) >= 11 is 0. The molecular weight excluding hydrogens is 394 g/mol. The number of hydrogen-bond acceptors (Lipinski definition) is 5. The number of nitrogens with two attached hydrogens (primary N) is 1. The van der Waals surface area contributed by atoms with Crippen molar-refractivity contribution in [2.45, 2.75) is 25.6 Å². The number of carbonyl (C=O) groups is 2. The molecule has 31 heavy (non-hydrogen) atoms. The van der Waals surface area contributed by atoms with Crippen molar-refractivity contribution in [1.29, 1.82) is 0 Å². The Morgan fingerprint density at radius 2 is 2.06 bits per heavy atom. The SMILES string of the molecule is Cn1cc(COc2ccc3c(c2)C(C)(O)C=C3C2CC(=O)NC2=O)c2ccc(N)cc21. The van der Waals surface area contributed by atoms with E-state index in [1.54, 1.807) is 19.1 Å². The van der Waals surface area contributed by atoms with Gasteiger partial charge in [0.1, 0.15) is 18.0 Å². The zero-order valence-electron chi connectivity index (χ0n) is 17.3. The Kier molecular flexibility index (Phi) is 4.20. The van der Waals surface area contributed by atoms with Crippen LogP contribution in [0.25, 0.3) is 16.5 Å². The third-order valence-electron chi connectivity index (χ3n) is 6.12. The van der Waals surface area contributed by atoms with Crippen LogP contribution in [0.15, 0.2) is 48.7 Å². The largest absolute Gasteiger partial charge is 0.489 e. The predicted octanol–water partition coefficient (Wildman–Crippen LogP) is 2.61. The van der Waals surface area contributed by atoms with Crippen LogP contribution >= 0.6 is 0 Å². The molecule has 0 saturated carbocycles. The zero-order valence-corrected chi connectivity index (χ0v) is 17.3. The minimum atomic E-state index is -1.24. The number of nitrogens with one attached hydrogen (secondary N) is 1. The average molecular weight is 417 g/mol. The molecule has 0 bridgehead atoms. The van der Waals surface area contributed by atoms with Crippen LogP contribution in [-0.2, 0) is 28.8 Å². The molecule has 1 aromatic heterocycles. The summed E-state index contributed by atoms with van der Waals surface area (Å²) < 4.78 is 8.06. The Morgan fingerprint density at radius 3 is 2.81 bits per heavy atom. The number of aryl methyl sites for hydroxylation is 1. The van der Waals surface area contributed by atoms with E-state index in [9.17, 15) is 14.7 Å². The van der Waals surface area contributed by atoms with Gasteiger partial charge in [-0.25, -0.2) is 0 Å². The third-order valence-corrected chi connectivity index (χ3v) is 6.12. The monoisotopic (exact) mass is 417 g/mol. The van der Waals surface area contributed by atoms with Gasteiger partial charge in [-0.05, 0) is 54.0 Å². The van der Waals surface area contributed by atoms with Crippen LogP contribution in [0.5, 0.6) is 5.75 Å². The van der Waals surface area contributed by atoms with Crippen molar-refractivity contribution < 1.29 is 19.4 Å². The summed E-state index contributed by atoms with van der Waals surface area (Å²) in [5.74, 6) is -0.569. The highest BCUT2D eigenvalue weighted by Gasteiger charge is 2.41. The molecule has 2 aliphatic rings. The zero-order chi connectivity index (χ0) is 21.9. The molecule has 2 unspecified atom stereocenters. The van der Waals surface area contributed by atoms with E-state index in [0.29, 0.717) is 29.2 Å². The lowest BCUT2D eigenvalue weighted by atomic mass is 9.92. The molecule has 7 heteroatoms. The number of nitrogens with zero attached hydrogens (tertiary/aromatic N) is 1. The number of anilines is 1. The molecule has 1 aliphatic heterocycles. The van der Waals surface area contributed by atoms with Crippen LogP contribution in [0.4, 0.5) is 5.69 Å². The smallest absolute Gasteiger partial charge is 0.234 e. The number of nitrogen functional groups attached to an aromatic ring is 1. The normalized spacial score (nSPS) is 22.5. The minimum absolute atomic E-state index is 0.101. The van der Waals surface area contributed by atoms with Gasteiger partial charge in [-0.3, -0.25) is 14.9 Å². The van der Waals surface area contributed by atoms with Gasteiger partial charge in [0.25, 0.3) is 0 Å². The quantitative estimate of drug-likeness (QED) is 0.447. The summed E-state index contributed by atoms with van der Waals surface area (Å²) in [4.78, 5) is 23.8. The third kappa shape index (κ3) is 3.18. The average Bonchev–Trinajstić information content (AvgIpc) is 3.31. The second-order valence-electron chi connectivity index (χ2n) is 8.45. The van der Waals surface area contributed by atoms with Crippen molar-refractivity contribution in [1.82, 2.24) is 9.88 Å². The maximum absolute atomic E-state index is 12.2. The molecule has 7 nitrogen and oxygen atoms in total. The fourth-order valence-electron chi connectivity index (χ4n) is 4.60. The van der Waals surface area contributed by atoms with E-state index in [1.165, 1.54) is 0 Å². The van der Waals surface area contributed by atoms with Gasteiger partial charge in [-0.15, -0.1) is 0 Å². The lowest BCUT2D eigenvalue weighted by Crippen LogP contribution is -2.22. The molecular formula is C24H23N3O4. The topological polar surface area (TPSA) is 107 Å². The van der Waals surface area contributed by atoms with Crippen LogP contribution in [0.2, 0.25) is 0 Å². The predicted molar refractivity (Wildman–Crippen MR) is 117 cm³/mol. The first kappa shape index (κ1) is 19.4. The Labute approximate surface area is 179 Å². The summed E-state index contributed by atoms with van der Waals surface area (Å²) in [6.07, 6.45) is 3.78. The van der Waals surface area contributed by atoms with Crippen molar-refractivity contribution in [3.63, 3.8) is 0 Å². The summed E-state index contributed by atoms with van der Waals surface area (Å²) in [5, 5.41) is 14.4. The van der Waals surface area contributed by atoms with Gasteiger partial charge in [-0.1, -0.05) is 12.1 Å². The highest BCUT2D eigenvalue weighted by Crippen LogP contribution is 2.45. The van der Waals surface area contributed by atoms with Gasteiger partial charge in [0.05, 0.1) is 11.4 Å². The number of aromatic nitrogens is 1. The molecule has 2 heterocycles. The first-order valence-electron chi connectivity index (χ1n) is 10.1. The second kappa shape index (κ2) is 6.72. The van der Waals surface area contributed by atoms with E-state index >= 15 is 0 Å². The Morgan fingerprint density at radius 1 is 1.26 bits per heavy atom.